The Morgan fingerprint density at radius 1 is 0.400 bits per heavy atom. The quantitative estimate of drug-likeness (QED) is 0.151. The van der Waals surface area contributed by atoms with Gasteiger partial charge in [-0.3, -0.25) is 0 Å². The van der Waals surface area contributed by atoms with Crippen LogP contribution in [-0.2, 0) is 5.41 Å². The first-order valence-corrected chi connectivity index (χ1v) is 25.2. The van der Waals surface area contributed by atoms with Crippen LogP contribution in [0.15, 0.2) is 218 Å². The molecule has 1 aromatic heterocycles. The highest BCUT2D eigenvalue weighted by atomic mass is 28.3. The number of hydrogen-bond acceptors (Lipinski definition) is 1. The summed E-state index contributed by atoms with van der Waals surface area (Å²) >= 11 is 0. The molecule has 0 radical (unpaired) electrons. The molecule has 1 aliphatic heterocycles. The second-order valence-electron chi connectivity index (χ2n) is 18.5. The molecule has 10 aromatic carbocycles. The van der Waals surface area contributed by atoms with Gasteiger partial charge in [0.25, 0.3) is 0 Å². The average Bonchev–Trinajstić information content (AvgIpc) is 3.92. The van der Waals surface area contributed by atoms with Gasteiger partial charge in [-0.15, -0.1) is 0 Å². The fraction of sp³-hybridized carbons (Fsp3) is 0.0645. The Hall–Kier alpha value is -7.72. The van der Waals surface area contributed by atoms with Crippen LogP contribution in [0.2, 0.25) is 6.55 Å². The van der Waals surface area contributed by atoms with Gasteiger partial charge in [0, 0.05) is 38.9 Å². The van der Waals surface area contributed by atoms with E-state index in [2.05, 4.69) is 248 Å². The molecular weight excluding hydrogens is 801 g/mol. The topological polar surface area (TPSA) is 8.17 Å². The summed E-state index contributed by atoms with van der Waals surface area (Å²) < 4.78 is 2.48. The van der Waals surface area contributed by atoms with Crippen LogP contribution in [0.5, 0.6) is 0 Å². The van der Waals surface area contributed by atoms with Crippen molar-refractivity contribution in [3.8, 4) is 50.2 Å². The summed E-state index contributed by atoms with van der Waals surface area (Å²) in [6.07, 6.45) is 0. The molecule has 2 heterocycles. The summed E-state index contributed by atoms with van der Waals surface area (Å²) in [6, 6.07) is 81.6. The summed E-state index contributed by atoms with van der Waals surface area (Å²) in [4.78, 5) is 2.45. The monoisotopic (exact) mass is 846 g/mol. The molecule has 0 fully saturated rings. The highest BCUT2D eigenvalue weighted by Crippen LogP contribution is 2.51. The maximum absolute atomic E-state index is 2.51. The molecule has 0 spiro atoms. The third-order valence-electron chi connectivity index (χ3n) is 14.6. The molecule has 0 N–H and O–H groups in total. The lowest BCUT2D eigenvalue weighted by atomic mass is 9.82. The molecule has 0 saturated heterocycles. The maximum Gasteiger partial charge on any atom is 0.102 e. The number of nitrogens with zero attached hydrogens (tertiary/aromatic N) is 2. The van der Waals surface area contributed by atoms with Crippen LogP contribution in [0, 0.1) is 0 Å². The van der Waals surface area contributed by atoms with Crippen LogP contribution in [-0.4, -0.2) is 13.4 Å². The van der Waals surface area contributed by atoms with E-state index in [-0.39, 0.29) is 5.41 Å². The van der Waals surface area contributed by atoms with Crippen molar-refractivity contribution >= 4 is 68.8 Å². The fourth-order valence-corrected chi connectivity index (χ4v) is 14.3. The first-order chi connectivity index (χ1) is 31.9. The fourth-order valence-electron chi connectivity index (χ4n) is 11.4. The highest BCUT2D eigenvalue weighted by Gasteiger charge is 2.36. The van der Waals surface area contributed by atoms with E-state index < -0.39 is 8.80 Å². The predicted octanol–water partition coefficient (Wildman–Crippen LogP) is 15.0. The highest BCUT2D eigenvalue weighted by molar-refractivity contribution is 6.90. The zero-order valence-corrected chi connectivity index (χ0v) is 37.9. The Morgan fingerprint density at radius 3 is 1.78 bits per heavy atom. The van der Waals surface area contributed by atoms with Gasteiger partial charge in [0.05, 0.1) is 11.0 Å². The summed E-state index contributed by atoms with van der Waals surface area (Å²) in [6.45, 7) is 7.24. The van der Waals surface area contributed by atoms with Crippen molar-refractivity contribution < 1.29 is 0 Å². The van der Waals surface area contributed by atoms with E-state index in [1.54, 1.807) is 10.4 Å². The molecule has 13 rings (SSSR count). The second kappa shape index (κ2) is 14.4. The Kier molecular flexibility index (Phi) is 8.37. The van der Waals surface area contributed by atoms with Crippen molar-refractivity contribution in [2.75, 3.05) is 4.90 Å². The standard InChI is InChI=1S/C62H46N2Si/c1-62(2)56-26-12-10-24-49(56)50-32-30-48(38-57(50)62)63(46-22-14-18-41(34-46)40-16-6-4-7-17-40)47-23-15-19-42(35-47)43-29-33-58-54(36-43)55-37-44-28-31-52-51-25-11-13-27-60(51)65(3)61(52)53(44)39-59(55)64(58)45-20-8-5-9-21-45/h4-39,65H,1-3H3. The van der Waals surface area contributed by atoms with E-state index >= 15 is 0 Å². The lowest BCUT2D eigenvalue weighted by Gasteiger charge is -2.29. The molecule has 3 heteroatoms. The van der Waals surface area contributed by atoms with Crippen molar-refractivity contribution in [3.05, 3.63) is 230 Å². The largest absolute Gasteiger partial charge is 0.310 e. The number of aromatic nitrogens is 1. The van der Waals surface area contributed by atoms with Crippen molar-refractivity contribution in [1.82, 2.24) is 4.57 Å². The van der Waals surface area contributed by atoms with Crippen LogP contribution >= 0.6 is 0 Å². The van der Waals surface area contributed by atoms with Gasteiger partial charge in [-0.05, 0) is 144 Å². The third-order valence-corrected chi connectivity index (χ3v) is 17.5. The Balaban J connectivity index is 0.982. The molecular formula is C62H46N2Si. The summed E-state index contributed by atoms with van der Waals surface area (Å²) in [5, 5.41) is 8.38. The molecule has 0 amide bonds. The van der Waals surface area contributed by atoms with Crippen LogP contribution in [0.3, 0.4) is 0 Å². The number of hydrogen-bond donors (Lipinski definition) is 0. The molecule has 2 aliphatic rings. The van der Waals surface area contributed by atoms with Gasteiger partial charge in [-0.1, -0.05) is 171 Å². The maximum atomic E-state index is 2.51. The minimum atomic E-state index is -1.37. The van der Waals surface area contributed by atoms with Gasteiger partial charge in [0.1, 0.15) is 8.80 Å². The molecule has 11 aromatic rings. The lowest BCUT2D eigenvalue weighted by molar-refractivity contribution is 0.660. The van der Waals surface area contributed by atoms with Gasteiger partial charge < -0.3 is 9.47 Å². The summed E-state index contributed by atoms with van der Waals surface area (Å²) in [7, 11) is -1.37. The number of para-hydroxylation sites is 1. The van der Waals surface area contributed by atoms with Gasteiger partial charge in [0.2, 0.25) is 0 Å². The second-order valence-corrected chi connectivity index (χ2v) is 21.2. The molecule has 0 bridgehead atoms. The van der Waals surface area contributed by atoms with Crippen molar-refractivity contribution in [1.29, 1.82) is 0 Å². The normalized spacial score (nSPS) is 14.4. The van der Waals surface area contributed by atoms with Crippen LogP contribution in [0.1, 0.15) is 25.0 Å². The molecule has 65 heavy (non-hydrogen) atoms. The molecule has 1 unspecified atom stereocenters. The van der Waals surface area contributed by atoms with Gasteiger partial charge in [0.15, 0.2) is 0 Å². The smallest absolute Gasteiger partial charge is 0.102 e. The van der Waals surface area contributed by atoms with E-state index in [4.69, 9.17) is 0 Å². The van der Waals surface area contributed by atoms with Gasteiger partial charge in [-0.2, -0.15) is 0 Å². The molecule has 0 saturated carbocycles. The van der Waals surface area contributed by atoms with Crippen LogP contribution in [0.25, 0.3) is 82.8 Å². The van der Waals surface area contributed by atoms with E-state index in [9.17, 15) is 0 Å². The zero-order chi connectivity index (χ0) is 43.4. The van der Waals surface area contributed by atoms with E-state index in [1.807, 2.05) is 0 Å². The van der Waals surface area contributed by atoms with Crippen LogP contribution in [0.4, 0.5) is 17.1 Å². The Bertz CT molecular complexity index is 3710. The number of anilines is 3. The Labute approximate surface area is 381 Å². The average molecular weight is 847 g/mol. The number of benzene rings is 10. The summed E-state index contributed by atoms with van der Waals surface area (Å²) in [5.41, 5.74) is 19.9. The van der Waals surface area contributed by atoms with Gasteiger partial charge in [-0.25, -0.2) is 0 Å². The van der Waals surface area contributed by atoms with Crippen molar-refractivity contribution in [2.45, 2.75) is 25.8 Å². The zero-order valence-electron chi connectivity index (χ0n) is 36.8. The van der Waals surface area contributed by atoms with Gasteiger partial charge >= 0.3 is 0 Å². The SMILES string of the molecule is C[SiH]1c2ccccc2-c2ccc3cc4c5cc(-c6cccc(N(c7cccc(-c8ccccc8)c7)c7ccc8c(c7)C(C)(C)c7ccccc7-8)c6)ccc5n(-c5ccccc5)c4cc3c21. The van der Waals surface area contributed by atoms with Crippen molar-refractivity contribution in [3.63, 3.8) is 0 Å². The van der Waals surface area contributed by atoms with Crippen molar-refractivity contribution in [2.24, 2.45) is 0 Å². The first kappa shape index (κ1) is 37.8. The Morgan fingerprint density at radius 2 is 1.00 bits per heavy atom. The number of fused-ring (bicyclic) bond motifs is 11. The lowest BCUT2D eigenvalue weighted by Crippen LogP contribution is -2.34. The molecule has 1 atom stereocenters. The number of rotatable bonds is 6. The minimum absolute atomic E-state index is 0.119. The molecule has 1 aliphatic carbocycles. The summed E-state index contributed by atoms with van der Waals surface area (Å²) in [5.74, 6) is 0. The van der Waals surface area contributed by atoms with E-state index in [0.717, 1.165) is 17.1 Å². The molecule has 2 nitrogen and oxygen atoms in total. The van der Waals surface area contributed by atoms with Crippen LogP contribution < -0.4 is 15.3 Å². The van der Waals surface area contributed by atoms with E-state index in [0.29, 0.717) is 0 Å². The van der Waals surface area contributed by atoms with E-state index in [1.165, 1.54) is 93.9 Å². The predicted molar refractivity (Wildman–Crippen MR) is 279 cm³/mol. The third kappa shape index (κ3) is 5.79. The minimum Gasteiger partial charge on any atom is -0.310 e. The first-order valence-electron chi connectivity index (χ1n) is 22.9. The molecule has 308 valence electrons.